The summed E-state index contributed by atoms with van der Waals surface area (Å²) in [6, 6.07) is 8.31. The number of aromatic nitrogens is 1. The maximum absolute atomic E-state index is 12.9. The molecule has 0 unspecified atom stereocenters. The number of carbonyl (C=O) groups excluding carboxylic acids is 1. The number of nitrogens with zero attached hydrogens (tertiary/aromatic N) is 2. The maximum atomic E-state index is 12.9. The minimum absolute atomic E-state index is 0.365. The fraction of sp³-hybridized carbons (Fsp3) is 0.333. The molecule has 1 aromatic heterocycles. The van der Waals surface area contributed by atoms with E-state index >= 15 is 0 Å². The topological polar surface area (TPSA) is 42.3 Å². The first-order valence-electron chi connectivity index (χ1n) is 7.92. The molecule has 4 nitrogen and oxygen atoms in total. The van der Waals surface area contributed by atoms with E-state index in [1.54, 1.807) is 4.90 Å². The number of benzene rings is 1. The Morgan fingerprint density at radius 1 is 1.12 bits per heavy atom. The molecule has 0 N–H and O–H groups in total. The third-order valence-corrected chi connectivity index (χ3v) is 4.48. The summed E-state index contributed by atoms with van der Waals surface area (Å²) in [4.78, 5) is 26.2. The van der Waals surface area contributed by atoms with E-state index in [-0.39, 0.29) is 5.91 Å². The molecule has 132 valence electrons. The molecule has 7 heteroatoms. The van der Waals surface area contributed by atoms with Crippen LogP contribution in [0.4, 0.5) is 13.2 Å². The number of amides is 1. The van der Waals surface area contributed by atoms with Gasteiger partial charge in [-0.3, -0.25) is 9.59 Å². The van der Waals surface area contributed by atoms with E-state index < -0.39 is 23.3 Å². The van der Waals surface area contributed by atoms with Crippen molar-refractivity contribution in [3.63, 3.8) is 0 Å². The van der Waals surface area contributed by atoms with Crippen molar-refractivity contribution in [2.24, 2.45) is 0 Å². The Balaban J connectivity index is 1.85. The highest BCUT2D eigenvalue weighted by atomic mass is 19.4. The minimum atomic E-state index is -4.57. The highest BCUT2D eigenvalue weighted by Gasteiger charge is 2.32. The first-order chi connectivity index (χ1) is 11.8. The summed E-state index contributed by atoms with van der Waals surface area (Å²) >= 11 is 0. The van der Waals surface area contributed by atoms with Crippen LogP contribution in [0.2, 0.25) is 0 Å². The van der Waals surface area contributed by atoms with Crippen LogP contribution in [-0.4, -0.2) is 21.9 Å². The third kappa shape index (κ3) is 3.45. The lowest BCUT2D eigenvalue weighted by atomic mass is 9.99. The van der Waals surface area contributed by atoms with E-state index in [0.29, 0.717) is 25.7 Å². The van der Waals surface area contributed by atoms with E-state index in [1.807, 2.05) is 24.3 Å². The van der Waals surface area contributed by atoms with Crippen LogP contribution < -0.4 is 5.56 Å². The highest BCUT2D eigenvalue weighted by Crippen LogP contribution is 2.29. The Hall–Kier alpha value is -2.57. The van der Waals surface area contributed by atoms with Gasteiger partial charge in [0, 0.05) is 25.4 Å². The van der Waals surface area contributed by atoms with Crippen LogP contribution in [0, 0.1) is 0 Å². The molecule has 0 saturated carbocycles. The largest absolute Gasteiger partial charge is 0.417 e. The van der Waals surface area contributed by atoms with Gasteiger partial charge >= 0.3 is 6.18 Å². The van der Waals surface area contributed by atoms with Gasteiger partial charge in [-0.2, -0.15) is 13.2 Å². The molecule has 1 amide bonds. The van der Waals surface area contributed by atoms with E-state index in [0.717, 1.165) is 27.8 Å². The minimum Gasteiger partial charge on any atom is -0.336 e. The van der Waals surface area contributed by atoms with Gasteiger partial charge in [0.1, 0.15) is 6.04 Å². The number of rotatable bonds is 2. The van der Waals surface area contributed by atoms with Gasteiger partial charge in [0.2, 0.25) is 5.91 Å². The summed E-state index contributed by atoms with van der Waals surface area (Å²) in [6.45, 7) is 2.32. The number of carbonyl (C=O) groups is 1. The highest BCUT2D eigenvalue weighted by molar-refractivity contribution is 5.80. The Morgan fingerprint density at radius 2 is 1.80 bits per heavy atom. The molecule has 0 spiro atoms. The average Bonchev–Trinajstić information content (AvgIpc) is 2.59. The first kappa shape index (κ1) is 17.3. The van der Waals surface area contributed by atoms with Gasteiger partial charge in [-0.15, -0.1) is 0 Å². The van der Waals surface area contributed by atoms with Gasteiger partial charge in [-0.25, -0.2) is 0 Å². The SMILES string of the molecule is C[C@@H](C(=O)N1CCc2ccccc2C1)n1cc(C(F)(F)F)ccc1=O. The first-order valence-corrected chi connectivity index (χ1v) is 7.92. The predicted octanol–water partition coefficient (Wildman–Crippen LogP) is 3.01. The zero-order chi connectivity index (χ0) is 18.2. The summed E-state index contributed by atoms with van der Waals surface area (Å²) in [5.41, 5.74) is 0.600. The van der Waals surface area contributed by atoms with Gasteiger partial charge in [-0.1, -0.05) is 24.3 Å². The molecule has 25 heavy (non-hydrogen) atoms. The van der Waals surface area contributed by atoms with Gasteiger partial charge in [0.05, 0.1) is 5.56 Å². The van der Waals surface area contributed by atoms with Crippen LogP contribution in [0.25, 0.3) is 0 Å². The van der Waals surface area contributed by atoms with E-state index in [2.05, 4.69) is 0 Å². The van der Waals surface area contributed by atoms with Crippen LogP contribution >= 0.6 is 0 Å². The summed E-state index contributed by atoms with van der Waals surface area (Å²) < 4.78 is 39.5. The van der Waals surface area contributed by atoms with Gasteiger partial charge in [0.15, 0.2) is 0 Å². The molecule has 1 aliphatic rings. The molecule has 3 rings (SSSR count). The number of hydrogen-bond donors (Lipinski definition) is 0. The molecule has 1 atom stereocenters. The number of pyridine rings is 1. The molecule has 0 bridgehead atoms. The summed E-state index contributed by atoms with van der Waals surface area (Å²) in [5, 5.41) is 0. The molecular weight excluding hydrogens is 333 g/mol. The van der Waals surface area contributed by atoms with Crippen molar-refractivity contribution in [1.29, 1.82) is 0 Å². The number of halogens is 3. The Labute approximate surface area is 142 Å². The summed E-state index contributed by atoms with van der Waals surface area (Å²) in [5.74, 6) is -0.365. The Kier molecular flexibility index (Phi) is 4.41. The second-order valence-corrected chi connectivity index (χ2v) is 6.12. The molecule has 2 heterocycles. The predicted molar refractivity (Wildman–Crippen MR) is 86.0 cm³/mol. The molecule has 1 aliphatic heterocycles. The average molecular weight is 350 g/mol. The number of alkyl halides is 3. The lowest BCUT2D eigenvalue weighted by Crippen LogP contribution is -2.41. The molecule has 0 saturated heterocycles. The lowest BCUT2D eigenvalue weighted by molar-refractivity contribution is -0.139. The quantitative estimate of drug-likeness (QED) is 0.836. The molecular formula is C18H17F3N2O2. The second-order valence-electron chi connectivity index (χ2n) is 6.12. The van der Waals surface area contributed by atoms with Crippen LogP contribution in [0.15, 0.2) is 47.4 Å². The molecule has 0 fully saturated rings. The van der Waals surface area contributed by atoms with Gasteiger partial charge in [-0.05, 0) is 30.5 Å². The van der Waals surface area contributed by atoms with Crippen LogP contribution in [-0.2, 0) is 23.9 Å². The Morgan fingerprint density at radius 3 is 2.48 bits per heavy atom. The zero-order valence-corrected chi connectivity index (χ0v) is 13.6. The number of hydrogen-bond acceptors (Lipinski definition) is 2. The maximum Gasteiger partial charge on any atom is 0.417 e. The fourth-order valence-electron chi connectivity index (χ4n) is 3.04. The monoisotopic (exact) mass is 350 g/mol. The van der Waals surface area contributed by atoms with Crippen molar-refractivity contribution in [2.45, 2.75) is 32.1 Å². The van der Waals surface area contributed by atoms with Crippen molar-refractivity contribution in [3.8, 4) is 0 Å². The van der Waals surface area contributed by atoms with E-state index in [9.17, 15) is 22.8 Å². The van der Waals surface area contributed by atoms with Crippen molar-refractivity contribution in [1.82, 2.24) is 9.47 Å². The molecule has 0 aliphatic carbocycles. The lowest BCUT2D eigenvalue weighted by Gasteiger charge is -2.31. The zero-order valence-electron chi connectivity index (χ0n) is 13.6. The smallest absolute Gasteiger partial charge is 0.336 e. The van der Waals surface area contributed by atoms with Crippen molar-refractivity contribution < 1.29 is 18.0 Å². The van der Waals surface area contributed by atoms with Gasteiger partial charge in [0.25, 0.3) is 5.56 Å². The van der Waals surface area contributed by atoms with Crippen molar-refractivity contribution >= 4 is 5.91 Å². The van der Waals surface area contributed by atoms with Crippen LogP contribution in [0.3, 0.4) is 0 Å². The van der Waals surface area contributed by atoms with E-state index in [4.69, 9.17) is 0 Å². The van der Waals surface area contributed by atoms with Gasteiger partial charge < -0.3 is 9.47 Å². The second kappa shape index (κ2) is 6.38. The van der Waals surface area contributed by atoms with Crippen LogP contribution in [0.5, 0.6) is 0 Å². The molecule has 2 aromatic rings. The fourth-order valence-corrected chi connectivity index (χ4v) is 3.04. The summed E-state index contributed by atoms with van der Waals surface area (Å²) in [6.07, 6.45) is -3.17. The third-order valence-electron chi connectivity index (χ3n) is 4.48. The molecule has 0 radical (unpaired) electrons. The van der Waals surface area contributed by atoms with Crippen molar-refractivity contribution in [2.75, 3.05) is 6.54 Å². The van der Waals surface area contributed by atoms with E-state index in [1.165, 1.54) is 6.92 Å². The summed E-state index contributed by atoms with van der Waals surface area (Å²) in [7, 11) is 0. The normalized spacial score (nSPS) is 15.6. The van der Waals surface area contributed by atoms with Crippen molar-refractivity contribution in [3.05, 3.63) is 69.6 Å². The molecule has 1 aromatic carbocycles. The van der Waals surface area contributed by atoms with Crippen LogP contribution in [0.1, 0.15) is 29.7 Å². The number of fused-ring (bicyclic) bond motifs is 1. The standard InChI is InChI=1S/C18H17F3N2O2/c1-12(23-11-15(18(19,20)21)6-7-16(23)24)17(25)22-9-8-13-4-2-3-5-14(13)10-22/h2-7,11-12H,8-10H2,1H3/t12-/m0/s1. The Bertz CT molecular complexity index is 858.